The zero-order valence-electron chi connectivity index (χ0n) is 14.4. The molecule has 2 rings (SSSR count). The molecule has 1 aromatic carbocycles. The minimum absolute atomic E-state index is 0. The summed E-state index contributed by atoms with van der Waals surface area (Å²) in [6.07, 6.45) is 1.13. The van der Waals surface area contributed by atoms with Crippen LogP contribution in [0, 0.1) is 5.92 Å². The first-order valence-corrected chi connectivity index (χ1v) is 9.52. The van der Waals surface area contributed by atoms with E-state index in [-0.39, 0.29) is 24.0 Å². The van der Waals surface area contributed by atoms with E-state index in [2.05, 4.69) is 22.1 Å². The molecule has 1 aliphatic heterocycles. The lowest BCUT2D eigenvalue weighted by Gasteiger charge is -2.21. The third-order valence-electron chi connectivity index (χ3n) is 3.87. The van der Waals surface area contributed by atoms with Crippen molar-refractivity contribution in [2.45, 2.75) is 18.2 Å². The van der Waals surface area contributed by atoms with Gasteiger partial charge in [0, 0.05) is 43.3 Å². The van der Waals surface area contributed by atoms with Crippen molar-refractivity contribution in [2.75, 3.05) is 45.6 Å². The molecule has 0 saturated carbocycles. The first-order valence-electron chi connectivity index (χ1n) is 8.20. The first-order chi connectivity index (χ1) is 11.2. The molecule has 1 aromatic rings. The molecular weight excluding hydrogens is 437 g/mol. The topological polar surface area (TPSA) is 53.9 Å². The Bertz CT molecular complexity index is 528. The standard InChI is InChI=1S/C17H27N3O2S.HI/c1-3-18-17(20-11-9-15(13-20)14-22-2)19-10-12-23(21)16-7-5-4-6-8-16;/h4-8,15H,3,9-14H2,1-2H3,(H,18,19);1H. The zero-order chi connectivity index (χ0) is 16.5. The number of hydrogen-bond acceptors (Lipinski definition) is 3. The fourth-order valence-corrected chi connectivity index (χ4v) is 3.70. The largest absolute Gasteiger partial charge is 0.384 e. The maximum absolute atomic E-state index is 12.2. The number of ether oxygens (including phenoxy) is 1. The molecule has 0 radical (unpaired) electrons. The summed E-state index contributed by atoms with van der Waals surface area (Å²) in [6, 6.07) is 9.58. The molecule has 2 unspecified atom stereocenters. The van der Waals surface area contributed by atoms with Gasteiger partial charge in [-0.1, -0.05) is 18.2 Å². The lowest BCUT2D eigenvalue weighted by atomic mass is 10.1. The summed E-state index contributed by atoms with van der Waals surface area (Å²) in [4.78, 5) is 7.80. The van der Waals surface area contributed by atoms with E-state index in [1.54, 1.807) is 7.11 Å². The number of nitrogens with one attached hydrogen (secondary N) is 1. The van der Waals surface area contributed by atoms with Crippen LogP contribution in [0.3, 0.4) is 0 Å². The molecule has 0 bridgehead atoms. The van der Waals surface area contributed by atoms with E-state index in [9.17, 15) is 4.21 Å². The third-order valence-corrected chi connectivity index (χ3v) is 5.22. The molecule has 0 spiro atoms. The summed E-state index contributed by atoms with van der Waals surface area (Å²) in [7, 11) is 0.762. The van der Waals surface area contributed by atoms with Crippen molar-refractivity contribution in [3.63, 3.8) is 0 Å². The number of guanidine groups is 1. The van der Waals surface area contributed by atoms with Crippen LogP contribution in [0.15, 0.2) is 40.2 Å². The highest BCUT2D eigenvalue weighted by Gasteiger charge is 2.24. The molecule has 1 aliphatic rings. The highest BCUT2D eigenvalue weighted by Crippen LogP contribution is 2.16. The van der Waals surface area contributed by atoms with Gasteiger partial charge < -0.3 is 15.0 Å². The monoisotopic (exact) mass is 465 g/mol. The maximum atomic E-state index is 12.2. The Morgan fingerprint density at radius 3 is 2.83 bits per heavy atom. The number of benzene rings is 1. The number of rotatable bonds is 7. The van der Waals surface area contributed by atoms with Crippen molar-refractivity contribution in [2.24, 2.45) is 10.9 Å². The minimum atomic E-state index is -0.989. The fraction of sp³-hybridized carbons (Fsp3) is 0.588. The number of nitrogens with zero attached hydrogens (tertiary/aromatic N) is 2. The van der Waals surface area contributed by atoms with Gasteiger partial charge in [-0.2, -0.15) is 0 Å². The SMILES string of the molecule is CCNC(=NCCS(=O)c1ccccc1)N1CCC(COC)C1.I. The molecule has 2 atom stereocenters. The van der Waals surface area contributed by atoms with E-state index < -0.39 is 10.8 Å². The Hall–Kier alpha value is -0.670. The van der Waals surface area contributed by atoms with Crippen LogP contribution in [0.2, 0.25) is 0 Å². The minimum Gasteiger partial charge on any atom is -0.384 e. The maximum Gasteiger partial charge on any atom is 0.193 e. The van der Waals surface area contributed by atoms with E-state index in [1.165, 1.54) is 0 Å². The number of methoxy groups -OCH3 is 1. The quantitative estimate of drug-likeness (QED) is 0.382. The van der Waals surface area contributed by atoms with E-state index in [4.69, 9.17) is 4.74 Å². The molecule has 1 heterocycles. The van der Waals surface area contributed by atoms with Crippen molar-refractivity contribution in [3.8, 4) is 0 Å². The normalized spacial score (nSPS) is 19.0. The number of likely N-dealkylation sites (tertiary alicyclic amines) is 1. The lowest BCUT2D eigenvalue weighted by molar-refractivity contribution is 0.157. The van der Waals surface area contributed by atoms with Gasteiger partial charge in [-0.3, -0.25) is 9.20 Å². The second-order valence-corrected chi connectivity index (χ2v) is 7.23. The molecule has 24 heavy (non-hydrogen) atoms. The van der Waals surface area contributed by atoms with Crippen LogP contribution >= 0.6 is 24.0 Å². The number of aliphatic imine (C=N–C) groups is 1. The van der Waals surface area contributed by atoms with Crippen LogP contribution in [0.5, 0.6) is 0 Å². The van der Waals surface area contributed by atoms with Gasteiger partial charge in [0.2, 0.25) is 0 Å². The molecule has 1 N–H and O–H groups in total. The summed E-state index contributed by atoms with van der Waals surface area (Å²) < 4.78 is 17.5. The Kier molecular flexibility index (Phi) is 10.5. The third kappa shape index (κ3) is 6.68. The van der Waals surface area contributed by atoms with Crippen molar-refractivity contribution >= 4 is 40.7 Å². The van der Waals surface area contributed by atoms with Crippen LogP contribution in [-0.4, -0.2) is 60.7 Å². The average Bonchev–Trinajstić information content (AvgIpc) is 3.03. The second kappa shape index (κ2) is 11.8. The molecule has 1 saturated heterocycles. The van der Waals surface area contributed by atoms with Gasteiger partial charge in [0.25, 0.3) is 0 Å². The van der Waals surface area contributed by atoms with Crippen LogP contribution < -0.4 is 5.32 Å². The van der Waals surface area contributed by atoms with Crippen molar-refractivity contribution in [3.05, 3.63) is 30.3 Å². The van der Waals surface area contributed by atoms with Crippen molar-refractivity contribution in [1.82, 2.24) is 10.2 Å². The van der Waals surface area contributed by atoms with E-state index in [0.717, 1.165) is 43.5 Å². The van der Waals surface area contributed by atoms with Gasteiger partial charge in [-0.15, -0.1) is 24.0 Å². The Labute approximate surface area is 164 Å². The van der Waals surface area contributed by atoms with Gasteiger partial charge in [0.15, 0.2) is 5.96 Å². The van der Waals surface area contributed by atoms with Crippen molar-refractivity contribution in [1.29, 1.82) is 0 Å². The molecule has 7 heteroatoms. The van der Waals surface area contributed by atoms with Crippen LogP contribution in [0.4, 0.5) is 0 Å². The molecule has 0 aliphatic carbocycles. The number of hydrogen-bond donors (Lipinski definition) is 1. The second-order valence-electron chi connectivity index (χ2n) is 5.65. The van der Waals surface area contributed by atoms with E-state index >= 15 is 0 Å². The first kappa shape index (κ1) is 21.4. The molecule has 136 valence electrons. The summed E-state index contributed by atoms with van der Waals surface area (Å²) in [5, 5.41) is 3.34. The van der Waals surface area contributed by atoms with Crippen molar-refractivity contribution < 1.29 is 8.95 Å². The lowest BCUT2D eigenvalue weighted by Crippen LogP contribution is -2.40. The summed E-state index contributed by atoms with van der Waals surface area (Å²) in [6.45, 7) is 6.25. The zero-order valence-corrected chi connectivity index (χ0v) is 17.6. The summed E-state index contributed by atoms with van der Waals surface area (Å²) in [5.41, 5.74) is 0. The highest BCUT2D eigenvalue weighted by molar-refractivity contribution is 14.0. The molecule has 0 amide bonds. The van der Waals surface area contributed by atoms with E-state index in [0.29, 0.717) is 18.2 Å². The smallest absolute Gasteiger partial charge is 0.193 e. The van der Waals surface area contributed by atoms with Crippen LogP contribution in [0.25, 0.3) is 0 Å². The summed E-state index contributed by atoms with van der Waals surface area (Å²) in [5.74, 6) is 2.05. The Balaban J connectivity index is 0.00000288. The highest BCUT2D eigenvalue weighted by atomic mass is 127. The van der Waals surface area contributed by atoms with Gasteiger partial charge in [0.05, 0.1) is 24.0 Å². The fourth-order valence-electron chi connectivity index (χ4n) is 2.75. The van der Waals surface area contributed by atoms with Gasteiger partial charge in [-0.25, -0.2) is 0 Å². The molecule has 5 nitrogen and oxygen atoms in total. The van der Waals surface area contributed by atoms with Gasteiger partial charge in [0.1, 0.15) is 0 Å². The molecule has 0 aromatic heterocycles. The number of halogens is 1. The average molecular weight is 465 g/mol. The van der Waals surface area contributed by atoms with Crippen LogP contribution in [0.1, 0.15) is 13.3 Å². The summed E-state index contributed by atoms with van der Waals surface area (Å²) >= 11 is 0. The molecule has 1 fully saturated rings. The predicted molar refractivity (Wildman–Crippen MR) is 111 cm³/mol. The Morgan fingerprint density at radius 1 is 1.42 bits per heavy atom. The molecular formula is C17H28IN3O2S. The van der Waals surface area contributed by atoms with Gasteiger partial charge >= 0.3 is 0 Å². The predicted octanol–water partition coefficient (Wildman–Crippen LogP) is 2.35. The van der Waals surface area contributed by atoms with Gasteiger partial charge in [-0.05, 0) is 25.5 Å². The van der Waals surface area contributed by atoms with E-state index in [1.807, 2.05) is 30.3 Å². The van der Waals surface area contributed by atoms with Crippen LogP contribution in [-0.2, 0) is 15.5 Å². The Morgan fingerprint density at radius 2 is 2.17 bits per heavy atom.